The van der Waals surface area contributed by atoms with Gasteiger partial charge in [-0.1, -0.05) is 38.3 Å². The van der Waals surface area contributed by atoms with Crippen molar-refractivity contribution in [1.29, 1.82) is 0 Å². The fourth-order valence-electron chi connectivity index (χ4n) is 1.47. The number of nitro benzene ring substituents is 1. The molecular formula is C12H16NO2. The molecule has 0 atom stereocenters. The van der Waals surface area contributed by atoms with Gasteiger partial charge >= 0.3 is 0 Å². The molecule has 15 heavy (non-hydrogen) atoms. The van der Waals surface area contributed by atoms with Crippen LogP contribution in [0.1, 0.15) is 31.2 Å². The average Bonchev–Trinajstić information content (AvgIpc) is 2.25. The molecule has 1 rings (SSSR count). The molecule has 0 heterocycles. The highest BCUT2D eigenvalue weighted by Gasteiger charge is 2.03. The molecule has 0 aliphatic heterocycles. The average molecular weight is 206 g/mol. The quantitative estimate of drug-likeness (QED) is 0.406. The van der Waals surface area contributed by atoms with Crippen LogP contribution in [0.3, 0.4) is 0 Å². The van der Waals surface area contributed by atoms with Crippen LogP contribution in [0.5, 0.6) is 0 Å². The van der Waals surface area contributed by atoms with Gasteiger partial charge in [-0.05, 0) is 18.4 Å². The van der Waals surface area contributed by atoms with E-state index in [0.717, 1.165) is 25.7 Å². The van der Waals surface area contributed by atoms with Gasteiger partial charge in [0.25, 0.3) is 5.69 Å². The van der Waals surface area contributed by atoms with Crippen molar-refractivity contribution >= 4 is 5.69 Å². The monoisotopic (exact) mass is 206 g/mol. The molecule has 0 amide bonds. The van der Waals surface area contributed by atoms with Gasteiger partial charge in [0.15, 0.2) is 0 Å². The van der Waals surface area contributed by atoms with Gasteiger partial charge in [-0.25, -0.2) is 0 Å². The van der Waals surface area contributed by atoms with E-state index in [2.05, 4.69) is 6.92 Å². The molecule has 1 aromatic rings. The molecule has 0 unspecified atom stereocenters. The first-order chi connectivity index (χ1) is 7.24. The predicted molar refractivity (Wildman–Crippen MR) is 60.6 cm³/mol. The van der Waals surface area contributed by atoms with Crippen LogP contribution in [-0.4, -0.2) is 4.92 Å². The second-order valence-corrected chi connectivity index (χ2v) is 3.59. The number of nitrogens with zero attached hydrogens (tertiary/aromatic N) is 1. The second kappa shape index (κ2) is 6.17. The maximum Gasteiger partial charge on any atom is 0.269 e. The number of benzene rings is 1. The summed E-state index contributed by atoms with van der Waals surface area (Å²) in [7, 11) is 0. The third-order valence-electron chi connectivity index (χ3n) is 2.36. The molecule has 0 aromatic heterocycles. The second-order valence-electron chi connectivity index (χ2n) is 3.59. The topological polar surface area (TPSA) is 43.1 Å². The Morgan fingerprint density at radius 3 is 2.33 bits per heavy atom. The van der Waals surface area contributed by atoms with Crippen molar-refractivity contribution in [1.82, 2.24) is 0 Å². The molecule has 1 aromatic carbocycles. The van der Waals surface area contributed by atoms with E-state index in [9.17, 15) is 10.1 Å². The Kier molecular flexibility index (Phi) is 4.81. The van der Waals surface area contributed by atoms with Crippen LogP contribution in [0.4, 0.5) is 5.69 Å². The zero-order valence-corrected chi connectivity index (χ0v) is 8.82. The maximum atomic E-state index is 10.4. The van der Waals surface area contributed by atoms with Crippen LogP contribution >= 0.6 is 0 Å². The zero-order valence-electron chi connectivity index (χ0n) is 8.82. The fourth-order valence-corrected chi connectivity index (χ4v) is 1.47. The Morgan fingerprint density at radius 1 is 1.13 bits per heavy atom. The standard InChI is InChI=1S/C12H16NO2/c1-2-3-4-5-6-11-7-9-12(10-8-11)13(14)15/h7-10H,1-6H2. The van der Waals surface area contributed by atoms with Gasteiger partial charge in [0.05, 0.1) is 4.92 Å². The summed E-state index contributed by atoms with van der Waals surface area (Å²) in [6.45, 7) is 3.79. The van der Waals surface area contributed by atoms with Gasteiger partial charge in [0.1, 0.15) is 0 Å². The molecule has 3 nitrogen and oxygen atoms in total. The van der Waals surface area contributed by atoms with Crippen molar-refractivity contribution in [2.45, 2.75) is 32.1 Å². The predicted octanol–water partition coefficient (Wildman–Crippen LogP) is 3.53. The Morgan fingerprint density at radius 2 is 1.80 bits per heavy atom. The van der Waals surface area contributed by atoms with Crippen molar-refractivity contribution in [3.8, 4) is 0 Å². The number of unbranched alkanes of at least 4 members (excludes halogenated alkanes) is 3. The minimum Gasteiger partial charge on any atom is -0.258 e. The van der Waals surface area contributed by atoms with E-state index in [4.69, 9.17) is 0 Å². The molecule has 0 aliphatic carbocycles. The molecule has 0 saturated carbocycles. The Labute approximate surface area is 90.3 Å². The highest BCUT2D eigenvalue weighted by atomic mass is 16.6. The van der Waals surface area contributed by atoms with Crippen molar-refractivity contribution < 1.29 is 4.92 Å². The van der Waals surface area contributed by atoms with Crippen molar-refractivity contribution in [2.24, 2.45) is 0 Å². The van der Waals surface area contributed by atoms with E-state index in [0.29, 0.717) is 0 Å². The molecule has 3 heteroatoms. The minimum absolute atomic E-state index is 0.163. The van der Waals surface area contributed by atoms with E-state index in [1.807, 2.05) is 12.1 Å². The van der Waals surface area contributed by atoms with Gasteiger partial charge in [0.2, 0.25) is 0 Å². The number of hydrogen-bond acceptors (Lipinski definition) is 2. The number of aryl methyl sites for hydroxylation is 1. The van der Waals surface area contributed by atoms with Crippen LogP contribution in [0.15, 0.2) is 24.3 Å². The van der Waals surface area contributed by atoms with Crippen LogP contribution in [0.2, 0.25) is 0 Å². The zero-order chi connectivity index (χ0) is 11.1. The van der Waals surface area contributed by atoms with Gasteiger partial charge < -0.3 is 0 Å². The number of hydrogen-bond donors (Lipinski definition) is 0. The summed E-state index contributed by atoms with van der Waals surface area (Å²) >= 11 is 0. The van der Waals surface area contributed by atoms with Crippen molar-refractivity contribution in [3.63, 3.8) is 0 Å². The number of rotatable bonds is 6. The van der Waals surface area contributed by atoms with Gasteiger partial charge in [-0.3, -0.25) is 10.1 Å². The molecule has 0 aliphatic rings. The first-order valence-electron chi connectivity index (χ1n) is 5.26. The Balaban J connectivity index is 2.39. The molecule has 0 saturated heterocycles. The minimum atomic E-state index is -0.369. The first-order valence-corrected chi connectivity index (χ1v) is 5.26. The lowest BCUT2D eigenvalue weighted by molar-refractivity contribution is -0.384. The van der Waals surface area contributed by atoms with Gasteiger partial charge in [0, 0.05) is 12.1 Å². The number of non-ortho nitro benzene ring substituents is 1. The van der Waals surface area contributed by atoms with E-state index >= 15 is 0 Å². The molecule has 0 spiro atoms. The summed E-state index contributed by atoms with van der Waals surface area (Å²) in [5.41, 5.74) is 1.33. The van der Waals surface area contributed by atoms with Crippen LogP contribution in [-0.2, 0) is 6.42 Å². The SMILES string of the molecule is [CH2]CCCCCc1ccc([N+](=O)[O-])cc1. The van der Waals surface area contributed by atoms with Crippen molar-refractivity contribution in [3.05, 3.63) is 46.9 Å². The summed E-state index contributed by atoms with van der Waals surface area (Å²) in [4.78, 5) is 10.0. The first kappa shape index (κ1) is 11.7. The summed E-state index contributed by atoms with van der Waals surface area (Å²) in [6, 6.07) is 6.80. The highest BCUT2D eigenvalue weighted by molar-refractivity contribution is 5.32. The largest absolute Gasteiger partial charge is 0.269 e. The van der Waals surface area contributed by atoms with E-state index < -0.39 is 0 Å². The molecule has 1 radical (unpaired) electrons. The normalized spacial score (nSPS) is 10.2. The molecule has 0 bridgehead atoms. The number of nitro groups is 1. The lowest BCUT2D eigenvalue weighted by atomic mass is 10.1. The molecule has 0 fully saturated rings. The highest BCUT2D eigenvalue weighted by Crippen LogP contribution is 2.14. The van der Waals surface area contributed by atoms with Crippen LogP contribution < -0.4 is 0 Å². The molecule has 81 valence electrons. The van der Waals surface area contributed by atoms with Gasteiger partial charge in [-0.2, -0.15) is 0 Å². The third-order valence-corrected chi connectivity index (χ3v) is 2.36. The molecular weight excluding hydrogens is 190 g/mol. The Hall–Kier alpha value is -1.38. The summed E-state index contributed by atoms with van der Waals surface area (Å²) in [6.07, 6.45) is 5.46. The van der Waals surface area contributed by atoms with Crippen LogP contribution in [0.25, 0.3) is 0 Å². The Bertz CT molecular complexity index is 306. The third kappa shape index (κ3) is 4.11. The molecule has 0 N–H and O–H groups in total. The van der Waals surface area contributed by atoms with Gasteiger partial charge in [-0.15, -0.1) is 0 Å². The van der Waals surface area contributed by atoms with E-state index in [1.165, 1.54) is 12.0 Å². The smallest absolute Gasteiger partial charge is 0.258 e. The lowest BCUT2D eigenvalue weighted by Crippen LogP contribution is -1.89. The maximum absolute atomic E-state index is 10.4. The van der Waals surface area contributed by atoms with E-state index in [-0.39, 0.29) is 10.6 Å². The van der Waals surface area contributed by atoms with E-state index in [1.54, 1.807) is 12.1 Å². The van der Waals surface area contributed by atoms with Crippen LogP contribution in [0, 0.1) is 17.0 Å². The lowest BCUT2D eigenvalue weighted by Gasteiger charge is -2.00. The summed E-state index contributed by atoms with van der Waals surface area (Å²) < 4.78 is 0. The fraction of sp³-hybridized carbons (Fsp3) is 0.417. The van der Waals surface area contributed by atoms with Crippen molar-refractivity contribution in [2.75, 3.05) is 0 Å². The summed E-state index contributed by atoms with van der Waals surface area (Å²) in [5, 5.41) is 10.4. The summed E-state index contributed by atoms with van der Waals surface area (Å²) in [5.74, 6) is 0.